The van der Waals surface area contributed by atoms with Crippen LogP contribution in [-0.4, -0.2) is 13.5 Å². The number of alkyl halides is 3. The summed E-state index contributed by atoms with van der Waals surface area (Å²) in [5.41, 5.74) is 0.521. The van der Waals surface area contributed by atoms with Crippen LogP contribution in [0.3, 0.4) is 0 Å². The molecule has 0 N–H and O–H groups in total. The van der Waals surface area contributed by atoms with E-state index in [9.17, 15) is 8.78 Å². The molecule has 1 aromatic rings. The predicted molar refractivity (Wildman–Crippen MR) is 58.4 cm³/mol. The first kappa shape index (κ1) is 11.9. The second kappa shape index (κ2) is 5.07. The van der Waals surface area contributed by atoms with Gasteiger partial charge in [-0.1, -0.05) is 22.0 Å². The highest BCUT2D eigenvalue weighted by atomic mass is 79.9. The molecule has 0 amide bonds. The van der Waals surface area contributed by atoms with Crippen molar-refractivity contribution < 1.29 is 13.5 Å². The molecule has 0 saturated heterocycles. The quantitative estimate of drug-likeness (QED) is 0.757. The van der Waals surface area contributed by atoms with Crippen molar-refractivity contribution in [1.82, 2.24) is 0 Å². The summed E-state index contributed by atoms with van der Waals surface area (Å²) in [6, 6.07) is 4.87. The van der Waals surface area contributed by atoms with Crippen molar-refractivity contribution in [3.05, 3.63) is 28.2 Å². The van der Waals surface area contributed by atoms with E-state index in [-0.39, 0.29) is 0 Å². The lowest BCUT2D eigenvalue weighted by molar-refractivity contribution is 0.147. The van der Waals surface area contributed by atoms with Crippen molar-refractivity contribution in [2.24, 2.45) is 0 Å². The van der Waals surface area contributed by atoms with Crippen LogP contribution in [0.15, 0.2) is 22.7 Å². The number of benzene rings is 1. The van der Waals surface area contributed by atoms with Gasteiger partial charge in [0.1, 0.15) is 10.6 Å². The highest BCUT2D eigenvalue weighted by Crippen LogP contribution is 2.34. The second-order valence-corrected chi connectivity index (χ2v) is 4.47. The minimum absolute atomic E-state index is 0.521. The average Bonchev–Trinajstić information content (AvgIpc) is 2.16. The molecule has 78 valence electrons. The van der Waals surface area contributed by atoms with Crippen molar-refractivity contribution in [1.29, 1.82) is 0 Å². The summed E-state index contributed by atoms with van der Waals surface area (Å²) in [7, 11) is 1.53. The van der Waals surface area contributed by atoms with E-state index in [1.165, 1.54) is 7.11 Å². The zero-order valence-corrected chi connectivity index (χ0v) is 10.5. The van der Waals surface area contributed by atoms with Crippen LogP contribution in [0.25, 0.3) is 0 Å². The van der Waals surface area contributed by atoms with Crippen molar-refractivity contribution in [2.75, 3.05) is 7.11 Å². The van der Waals surface area contributed by atoms with E-state index in [0.717, 1.165) is 0 Å². The Kier molecular flexibility index (Phi) is 4.31. The number of methoxy groups -OCH3 is 1. The molecule has 1 aromatic carbocycles. The molecule has 0 bridgehead atoms. The Morgan fingerprint density at radius 2 is 2.00 bits per heavy atom. The summed E-state index contributed by atoms with van der Waals surface area (Å²) in [5, 5.41) is 0. The number of hydrogen-bond acceptors (Lipinski definition) is 1. The Labute approximate surface area is 97.7 Å². The van der Waals surface area contributed by atoms with Crippen LogP contribution in [-0.2, 0) is 0 Å². The van der Waals surface area contributed by atoms with Crippen LogP contribution in [0.2, 0.25) is 0 Å². The first-order valence-corrected chi connectivity index (χ1v) is 5.52. The van der Waals surface area contributed by atoms with E-state index >= 15 is 0 Å². The minimum atomic E-state index is -2.42. The molecule has 0 saturated carbocycles. The highest BCUT2D eigenvalue weighted by Gasteiger charge is 2.19. The van der Waals surface area contributed by atoms with Gasteiger partial charge in [0, 0.05) is 0 Å². The van der Waals surface area contributed by atoms with E-state index in [2.05, 4.69) is 31.9 Å². The smallest absolute Gasteiger partial charge is 0.255 e. The summed E-state index contributed by atoms with van der Waals surface area (Å²) >= 11 is 6.15. The van der Waals surface area contributed by atoms with E-state index < -0.39 is 11.3 Å². The maximum Gasteiger partial charge on any atom is 0.255 e. The van der Waals surface area contributed by atoms with Gasteiger partial charge in [-0.05, 0) is 33.6 Å². The van der Waals surface area contributed by atoms with Crippen molar-refractivity contribution in [2.45, 2.75) is 11.3 Å². The maximum atomic E-state index is 12.3. The van der Waals surface area contributed by atoms with Gasteiger partial charge in [-0.3, -0.25) is 0 Å². The molecule has 1 nitrogen and oxygen atoms in total. The highest BCUT2D eigenvalue weighted by molar-refractivity contribution is 9.10. The molecule has 5 heteroatoms. The molecule has 0 aliphatic rings. The standard InChI is InChI=1S/C9H8Br2F2O/c1-14-7-3-2-5(4-6(7)10)8(11)9(12)13/h2-4,8-9H,1H3. The van der Waals surface area contributed by atoms with Gasteiger partial charge < -0.3 is 4.74 Å². The molecular formula is C9H8Br2F2O. The van der Waals surface area contributed by atoms with Gasteiger partial charge in [-0.25, -0.2) is 8.78 Å². The average molecular weight is 330 g/mol. The Morgan fingerprint density at radius 3 is 2.43 bits per heavy atom. The fourth-order valence-electron chi connectivity index (χ4n) is 1.000. The van der Waals surface area contributed by atoms with E-state index in [4.69, 9.17) is 4.74 Å². The van der Waals surface area contributed by atoms with E-state index in [1.807, 2.05) is 0 Å². The Balaban J connectivity index is 2.96. The van der Waals surface area contributed by atoms with Gasteiger partial charge in [0.25, 0.3) is 6.43 Å². The van der Waals surface area contributed by atoms with Gasteiger partial charge >= 0.3 is 0 Å². The maximum absolute atomic E-state index is 12.3. The summed E-state index contributed by atoms with van der Waals surface area (Å²) in [4.78, 5) is -0.940. The normalized spacial score (nSPS) is 13.0. The van der Waals surface area contributed by atoms with Gasteiger partial charge in [0.15, 0.2) is 0 Å². The van der Waals surface area contributed by atoms with Crippen LogP contribution in [0.1, 0.15) is 10.4 Å². The predicted octanol–water partition coefficient (Wildman–Crippen LogP) is 4.16. The SMILES string of the molecule is COc1ccc(C(Br)C(F)F)cc1Br. The molecule has 0 heterocycles. The molecule has 1 unspecified atom stereocenters. The largest absolute Gasteiger partial charge is 0.496 e. The third kappa shape index (κ3) is 2.67. The van der Waals surface area contributed by atoms with Gasteiger partial charge in [0.2, 0.25) is 0 Å². The fraction of sp³-hybridized carbons (Fsp3) is 0.333. The lowest BCUT2D eigenvalue weighted by atomic mass is 10.1. The van der Waals surface area contributed by atoms with Crippen molar-refractivity contribution >= 4 is 31.9 Å². The van der Waals surface area contributed by atoms with E-state index in [0.29, 0.717) is 15.8 Å². The van der Waals surface area contributed by atoms with Crippen LogP contribution in [0.5, 0.6) is 5.75 Å². The molecule has 0 aromatic heterocycles. The third-order valence-corrected chi connectivity index (χ3v) is 3.26. The summed E-state index contributed by atoms with van der Waals surface area (Å²) in [5.74, 6) is 0.628. The van der Waals surface area contributed by atoms with Crippen LogP contribution < -0.4 is 4.74 Å². The first-order chi connectivity index (χ1) is 6.56. The summed E-state index contributed by atoms with van der Waals surface area (Å²) < 4.78 is 30.3. The lowest BCUT2D eigenvalue weighted by Gasteiger charge is -2.10. The topological polar surface area (TPSA) is 9.23 Å². The molecule has 14 heavy (non-hydrogen) atoms. The van der Waals surface area contributed by atoms with Crippen LogP contribution in [0, 0.1) is 0 Å². The number of halogens is 4. The fourth-order valence-corrected chi connectivity index (χ4v) is 1.84. The number of ether oxygens (including phenoxy) is 1. The number of hydrogen-bond donors (Lipinski definition) is 0. The monoisotopic (exact) mass is 328 g/mol. The second-order valence-electron chi connectivity index (χ2n) is 2.63. The Hall–Kier alpha value is -0.160. The molecule has 0 fully saturated rings. The first-order valence-electron chi connectivity index (χ1n) is 3.82. The van der Waals surface area contributed by atoms with E-state index in [1.54, 1.807) is 18.2 Å². The molecular weight excluding hydrogens is 322 g/mol. The zero-order valence-electron chi connectivity index (χ0n) is 7.31. The zero-order chi connectivity index (χ0) is 10.7. The summed E-state index contributed by atoms with van der Waals surface area (Å²) in [6.07, 6.45) is -2.42. The van der Waals surface area contributed by atoms with Gasteiger partial charge in [0.05, 0.1) is 11.6 Å². The molecule has 0 radical (unpaired) electrons. The van der Waals surface area contributed by atoms with Gasteiger partial charge in [-0.15, -0.1) is 0 Å². The third-order valence-electron chi connectivity index (χ3n) is 1.72. The number of rotatable bonds is 3. The molecule has 1 atom stereocenters. The molecule has 1 rings (SSSR count). The minimum Gasteiger partial charge on any atom is -0.496 e. The Morgan fingerprint density at radius 1 is 1.36 bits per heavy atom. The molecule has 0 aliphatic carbocycles. The van der Waals surface area contributed by atoms with Gasteiger partial charge in [-0.2, -0.15) is 0 Å². The lowest BCUT2D eigenvalue weighted by Crippen LogP contribution is -2.01. The van der Waals surface area contributed by atoms with Crippen molar-refractivity contribution in [3.8, 4) is 5.75 Å². The molecule has 0 aliphatic heterocycles. The van der Waals surface area contributed by atoms with Crippen LogP contribution >= 0.6 is 31.9 Å². The van der Waals surface area contributed by atoms with Crippen molar-refractivity contribution in [3.63, 3.8) is 0 Å². The van der Waals surface area contributed by atoms with Crippen LogP contribution in [0.4, 0.5) is 8.78 Å². The molecule has 0 spiro atoms. The summed E-state index contributed by atoms with van der Waals surface area (Å²) in [6.45, 7) is 0. The Bertz CT molecular complexity index is 318.